The number of fused-ring (bicyclic) bond motifs is 1. The lowest BCUT2D eigenvalue weighted by Crippen LogP contribution is -2.31. The average Bonchev–Trinajstić information content (AvgIpc) is 3.34. The molecule has 0 bridgehead atoms. The van der Waals surface area contributed by atoms with Gasteiger partial charge in [-0.1, -0.05) is 12.5 Å². The lowest BCUT2D eigenvalue weighted by Gasteiger charge is -2.26. The van der Waals surface area contributed by atoms with Crippen molar-refractivity contribution in [2.75, 3.05) is 48.7 Å². The summed E-state index contributed by atoms with van der Waals surface area (Å²) in [5, 5.41) is 15.2. The zero-order chi connectivity index (χ0) is 27.9. The Labute approximate surface area is 234 Å². The molecule has 0 unspecified atom stereocenters. The molecule has 1 aliphatic rings. The minimum atomic E-state index is -0.622. The maximum absolute atomic E-state index is 12.1. The second kappa shape index (κ2) is 12.6. The van der Waals surface area contributed by atoms with Gasteiger partial charge in [0.2, 0.25) is 5.95 Å². The Hall–Kier alpha value is -4.38. The minimum Gasteiger partial charge on any atom is -0.491 e. The van der Waals surface area contributed by atoms with Crippen LogP contribution in [-0.2, 0) is 7.05 Å². The van der Waals surface area contributed by atoms with Crippen molar-refractivity contribution in [1.82, 2.24) is 24.6 Å². The Bertz CT molecular complexity index is 1460. The van der Waals surface area contributed by atoms with E-state index in [2.05, 4.69) is 35.9 Å². The van der Waals surface area contributed by atoms with Gasteiger partial charge >= 0.3 is 0 Å². The number of carbonyl (C=O) groups excluding carboxylic acids is 1. The number of nitrogens with two attached hydrogens (primary N) is 1. The second-order valence-electron chi connectivity index (χ2n) is 9.96. The third-order valence-electron chi connectivity index (χ3n) is 6.90. The minimum absolute atomic E-state index is 0.188. The van der Waals surface area contributed by atoms with Gasteiger partial charge in [0.1, 0.15) is 17.1 Å². The molecule has 5 N–H and O–H groups in total. The van der Waals surface area contributed by atoms with Crippen LogP contribution in [0.3, 0.4) is 0 Å². The molecule has 4 aromatic rings. The fraction of sp³-hybridized carbons (Fsp3) is 0.379. The van der Waals surface area contributed by atoms with Crippen molar-refractivity contribution in [3.63, 3.8) is 0 Å². The largest absolute Gasteiger partial charge is 0.491 e. The second-order valence-corrected chi connectivity index (χ2v) is 9.96. The molecule has 2 aromatic heterocycles. The molecular formula is C29H37N9O2. The summed E-state index contributed by atoms with van der Waals surface area (Å²) in [6.07, 6.45) is 8.27. The van der Waals surface area contributed by atoms with E-state index in [1.165, 1.54) is 38.5 Å². The quantitative estimate of drug-likeness (QED) is 0.189. The molecule has 0 atom stereocenters. The zero-order valence-electron chi connectivity index (χ0n) is 23.1. The Morgan fingerprint density at radius 3 is 2.75 bits per heavy atom. The lowest BCUT2D eigenvalue weighted by atomic mass is 10.1. The van der Waals surface area contributed by atoms with Crippen molar-refractivity contribution in [3.05, 3.63) is 54.4 Å². The van der Waals surface area contributed by atoms with Crippen molar-refractivity contribution >= 4 is 45.6 Å². The van der Waals surface area contributed by atoms with Gasteiger partial charge < -0.3 is 31.3 Å². The highest BCUT2D eigenvalue weighted by molar-refractivity contribution is 6.00. The van der Waals surface area contributed by atoms with Crippen molar-refractivity contribution in [2.24, 2.45) is 12.8 Å². The Morgan fingerprint density at radius 2 is 1.95 bits per heavy atom. The normalized spacial score (nSPS) is 13.8. The number of aryl methyl sites for hydroxylation is 1. The molecule has 5 rings (SSSR count). The van der Waals surface area contributed by atoms with Crippen LogP contribution in [-0.4, -0.2) is 63.3 Å². The summed E-state index contributed by atoms with van der Waals surface area (Å²) in [5.74, 6) is 0.817. The molecular weight excluding hydrogens is 506 g/mol. The summed E-state index contributed by atoms with van der Waals surface area (Å²) in [6.45, 7) is 6.93. The number of nitrogens with zero attached hydrogens (tertiary/aromatic N) is 5. The number of likely N-dealkylation sites (tertiary alicyclic amines) is 1. The number of hydrogen-bond donors (Lipinski definition) is 4. The van der Waals surface area contributed by atoms with Crippen LogP contribution >= 0.6 is 0 Å². The number of nitrogens with one attached hydrogen (secondary N) is 3. The van der Waals surface area contributed by atoms with E-state index in [1.54, 1.807) is 4.68 Å². The van der Waals surface area contributed by atoms with Gasteiger partial charge in [-0.3, -0.25) is 9.48 Å². The first-order valence-corrected chi connectivity index (χ1v) is 13.9. The molecule has 1 saturated heterocycles. The molecule has 2 aromatic carbocycles. The van der Waals surface area contributed by atoms with Gasteiger partial charge in [-0.15, -0.1) is 0 Å². The number of amides is 1. The molecule has 0 radical (unpaired) electrons. The van der Waals surface area contributed by atoms with Gasteiger partial charge in [-0.2, -0.15) is 10.1 Å². The van der Waals surface area contributed by atoms with Gasteiger partial charge in [0.05, 0.1) is 23.5 Å². The summed E-state index contributed by atoms with van der Waals surface area (Å²) in [7, 11) is 1.86. The van der Waals surface area contributed by atoms with Crippen LogP contribution in [0.2, 0.25) is 0 Å². The molecule has 1 amide bonds. The molecule has 1 fully saturated rings. The Kier molecular flexibility index (Phi) is 8.60. The number of rotatable bonds is 12. The van der Waals surface area contributed by atoms with Gasteiger partial charge in [0, 0.05) is 43.6 Å². The SMILES string of the molecule is CCNc1cc(Nc2ncc(C(N)=O)c(Nc3cccc4nn(C)cc34)n2)ccc1OCCCN1CCCCC1. The number of benzene rings is 2. The molecule has 40 heavy (non-hydrogen) atoms. The third kappa shape index (κ3) is 6.60. The van der Waals surface area contributed by atoms with Crippen LogP contribution in [0.25, 0.3) is 10.9 Å². The monoisotopic (exact) mass is 543 g/mol. The number of anilines is 5. The summed E-state index contributed by atoms with van der Waals surface area (Å²) in [4.78, 5) is 23.6. The number of carbonyl (C=O) groups is 1. The van der Waals surface area contributed by atoms with Crippen molar-refractivity contribution in [3.8, 4) is 5.75 Å². The molecule has 0 aliphatic carbocycles. The molecule has 11 nitrogen and oxygen atoms in total. The topological polar surface area (TPSA) is 135 Å². The third-order valence-corrected chi connectivity index (χ3v) is 6.90. The number of hydrogen-bond acceptors (Lipinski definition) is 9. The fourth-order valence-electron chi connectivity index (χ4n) is 4.96. The van der Waals surface area contributed by atoms with Crippen molar-refractivity contribution < 1.29 is 9.53 Å². The van der Waals surface area contributed by atoms with Gasteiger partial charge in [0.15, 0.2) is 0 Å². The first-order valence-electron chi connectivity index (χ1n) is 13.9. The van der Waals surface area contributed by atoms with Crippen molar-refractivity contribution in [1.29, 1.82) is 0 Å². The van der Waals surface area contributed by atoms with E-state index in [-0.39, 0.29) is 5.56 Å². The van der Waals surface area contributed by atoms with E-state index < -0.39 is 5.91 Å². The first-order chi connectivity index (χ1) is 19.5. The van der Waals surface area contributed by atoms with E-state index in [9.17, 15) is 4.79 Å². The van der Waals surface area contributed by atoms with E-state index in [0.29, 0.717) is 18.4 Å². The molecule has 210 valence electrons. The molecule has 0 spiro atoms. The maximum Gasteiger partial charge on any atom is 0.254 e. The average molecular weight is 544 g/mol. The van der Waals surface area contributed by atoms with Gasteiger partial charge in [-0.05, 0) is 69.6 Å². The van der Waals surface area contributed by atoms with Crippen LogP contribution < -0.4 is 26.4 Å². The highest BCUT2D eigenvalue weighted by atomic mass is 16.5. The Morgan fingerprint density at radius 1 is 1.10 bits per heavy atom. The molecule has 3 heterocycles. The standard InChI is InChI=1S/C29H37N9O2/c1-3-31-25-17-20(11-12-26(25)40-16-8-15-38-13-5-4-6-14-38)33-29-32-18-21(27(30)39)28(35-29)34-23-9-7-10-24-22(23)19-37(2)36-24/h7,9-12,17-19,31H,3-6,8,13-16H2,1-2H3,(H2,30,39)(H2,32,33,34,35). The smallest absolute Gasteiger partial charge is 0.254 e. The molecule has 11 heteroatoms. The maximum atomic E-state index is 12.1. The van der Waals surface area contributed by atoms with Crippen LogP contribution in [0.1, 0.15) is 43.0 Å². The van der Waals surface area contributed by atoms with Gasteiger partial charge in [-0.25, -0.2) is 4.98 Å². The molecule has 0 saturated carbocycles. The zero-order valence-corrected chi connectivity index (χ0v) is 23.1. The van der Waals surface area contributed by atoms with Crippen LogP contribution in [0.5, 0.6) is 5.75 Å². The first kappa shape index (κ1) is 27.2. The Balaban J connectivity index is 1.30. The van der Waals surface area contributed by atoms with E-state index in [1.807, 2.05) is 56.6 Å². The summed E-state index contributed by atoms with van der Waals surface area (Å²) >= 11 is 0. The van der Waals surface area contributed by atoms with Crippen molar-refractivity contribution in [2.45, 2.75) is 32.6 Å². The van der Waals surface area contributed by atoms with Crippen LogP contribution in [0.15, 0.2) is 48.8 Å². The summed E-state index contributed by atoms with van der Waals surface area (Å²) in [5.41, 5.74) is 9.07. The molecule has 1 aliphatic heterocycles. The highest BCUT2D eigenvalue weighted by Crippen LogP contribution is 2.31. The lowest BCUT2D eigenvalue weighted by molar-refractivity contribution is 0.100. The number of primary amides is 1. The van der Waals surface area contributed by atoms with Crippen LogP contribution in [0, 0.1) is 0 Å². The van der Waals surface area contributed by atoms with E-state index >= 15 is 0 Å². The van der Waals surface area contributed by atoms with E-state index in [4.69, 9.17) is 10.5 Å². The highest BCUT2D eigenvalue weighted by Gasteiger charge is 2.15. The fourth-order valence-corrected chi connectivity index (χ4v) is 4.96. The van der Waals surface area contributed by atoms with E-state index in [0.717, 1.165) is 53.2 Å². The predicted octanol–water partition coefficient (Wildman–Crippen LogP) is 4.64. The van der Waals surface area contributed by atoms with Gasteiger partial charge in [0.25, 0.3) is 5.91 Å². The predicted molar refractivity (Wildman–Crippen MR) is 159 cm³/mol. The van der Waals surface area contributed by atoms with Crippen LogP contribution in [0.4, 0.5) is 28.8 Å². The summed E-state index contributed by atoms with van der Waals surface area (Å²) < 4.78 is 7.87. The number of ether oxygens (including phenoxy) is 1. The number of aromatic nitrogens is 4. The number of piperidine rings is 1. The summed E-state index contributed by atoms with van der Waals surface area (Å²) in [6, 6.07) is 11.6.